The van der Waals surface area contributed by atoms with Crippen molar-refractivity contribution in [2.75, 3.05) is 18.5 Å². The van der Waals surface area contributed by atoms with Crippen molar-refractivity contribution < 1.29 is 9.66 Å². The van der Waals surface area contributed by atoms with E-state index in [1.165, 1.54) is 6.07 Å². The molecule has 0 atom stereocenters. The number of nitro benzene ring substituents is 1. The Morgan fingerprint density at radius 3 is 2.63 bits per heavy atom. The van der Waals surface area contributed by atoms with Gasteiger partial charge >= 0.3 is 0 Å². The second-order valence-electron chi connectivity index (χ2n) is 4.92. The minimum Gasteiger partial charge on any atom is -0.382 e. The quantitative estimate of drug-likeness (QED) is 0.638. The Labute approximate surface area is 118 Å². The lowest BCUT2D eigenvalue weighted by Crippen LogP contribution is -2.33. The van der Waals surface area contributed by atoms with Crippen molar-refractivity contribution in [2.24, 2.45) is 0 Å². The predicted octanol–water partition coefficient (Wildman–Crippen LogP) is 3.78. The maximum absolute atomic E-state index is 10.8. The van der Waals surface area contributed by atoms with Gasteiger partial charge in [-0.25, -0.2) is 0 Å². The Morgan fingerprint density at radius 1 is 1.47 bits per heavy atom. The third-order valence-electron chi connectivity index (χ3n) is 2.73. The van der Waals surface area contributed by atoms with Crippen molar-refractivity contribution in [3.05, 3.63) is 32.8 Å². The molecule has 0 heterocycles. The number of halogens is 1. The fraction of sp³-hybridized carbons (Fsp3) is 0.538. The van der Waals surface area contributed by atoms with Crippen LogP contribution in [0.5, 0.6) is 0 Å². The summed E-state index contributed by atoms with van der Waals surface area (Å²) in [6.45, 7) is 8.93. The van der Waals surface area contributed by atoms with E-state index in [1.54, 1.807) is 13.0 Å². The Hall–Kier alpha value is -1.33. The molecule has 0 saturated heterocycles. The van der Waals surface area contributed by atoms with E-state index in [2.05, 4.69) is 5.32 Å². The molecule has 6 heteroatoms. The van der Waals surface area contributed by atoms with Crippen molar-refractivity contribution in [1.82, 2.24) is 0 Å². The summed E-state index contributed by atoms with van der Waals surface area (Å²) in [6.07, 6.45) is 0. The maximum Gasteiger partial charge on any atom is 0.288 e. The zero-order valence-corrected chi connectivity index (χ0v) is 12.4. The highest BCUT2D eigenvalue weighted by Crippen LogP contribution is 2.30. The van der Waals surface area contributed by atoms with Gasteiger partial charge in [0.05, 0.1) is 10.5 Å². The summed E-state index contributed by atoms with van der Waals surface area (Å²) in [7, 11) is 0. The van der Waals surface area contributed by atoms with Crippen LogP contribution in [0.3, 0.4) is 0 Å². The number of ether oxygens (including phenoxy) is 1. The Morgan fingerprint density at radius 2 is 2.11 bits per heavy atom. The van der Waals surface area contributed by atoms with Gasteiger partial charge in [0, 0.05) is 24.9 Å². The lowest BCUT2D eigenvalue weighted by molar-refractivity contribution is -0.384. The largest absolute Gasteiger partial charge is 0.382 e. The van der Waals surface area contributed by atoms with Crippen LogP contribution in [0.4, 0.5) is 11.4 Å². The monoisotopic (exact) mass is 286 g/mol. The number of hydrogen-bond acceptors (Lipinski definition) is 4. The second-order valence-corrected chi connectivity index (χ2v) is 5.33. The molecule has 0 aliphatic carbocycles. The zero-order valence-electron chi connectivity index (χ0n) is 11.6. The number of aryl methyl sites for hydroxylation is 1. The average Bonchev–Trinajstić information content (AvgIpc) is 2.29. The number of hydrogen-bond donors (Lipinski definition) is 1. The SMILES string of the molecule is CCOC(C)(C)CNc1cc(Cl)c([N+](=O)[O-])cc1C. The molecule has 0 spiro atoms. The summed E-state index contributed by atoms with van der Waals surface area (Å²) < 4.78 is 5.58. The third-order valence-corrected chi connectivity index (χ3v) is 3.03. The normalized spacial score (nSPS) is 11.4. The highest BCUT2D eigenvalue weighted by molar-refractivity contribution is 6.33. The molecule has 5 nitrogen and oxygen atoms in total. The molecule has 1 rings (SSSR count). The van der Waals surface area contributed by atoms with Crippen LogP contribution in [0, 0.1) is 17.0 Å². The van der Waals surface area contributed by atoms with E-state index in [0.29, 0.717) is 13.2 Å². The van der Waals surface area contributed by atoms with Crippen LogP contribution in [0.15, 0.2) is 12.1 Å². The van der Waals surface area contributed by atoms with Crippen molar-refractivity contribution in [2.45, 2.75) is 33.3 Å². The average molecular weight is 287 g/mol. The highest BCUT2D eigenvalue weighted by atomic mass is 35.5. The van der Waals surface area contributed by atoms with Gasteiger partial charge in [-0.15, -0.1) is 0 Å². The third kappa shape index (κ3) is 4.36. The molecule has 0 radical (unpaired) electrons. The molecule has 1 aromatic rings. The minimum absolute atomic E-state index is 0.0752. The van der Waals surface area contributed by atoms with Gasteiger partial charge in [0.1, 0.15) is 5.02 Å². The van der Waals surface area contributed by atoms with Crippen LogP contribution in [-0.4, -0.2) is 23.7 Å². The molecule has 1 N–H and O–H groups in total. The summed E-state index contributed by atoms with van der Waals surface area (Å²) in [6, 6.07) is 3.05. The fourth-order valence-electron chi connectivity index (χ4n) is 1.75. The van der Waals surface area contributed by atoms with Gasteiger partial charge in [0.15, 0.2) is 0 Å². The van der Waals surface area contributed by atoms with Gasteiger partial charge in [-0.3, -0.25) is 10.1 Å². The molecule has 0 aliphatic heterocycles. The molecule has 0 saturated carbocycles. The highest BCUT2D eigenvalue weighted by Gasteiger charge is 2.19. The Kier molecular flexibility index (Phi) is 5.14. The molecule has 0 unspecified atom stereocenters. The van der Waals surface area contributed by atoms with Crippen LogP contribution in [-0.2, 0) is 4.74 Å². The molecule has 0 aromatic heterocycles. The first-order valence-corrected chi connectivity index (χ1v) is 6.47. The van der Waals surface area contributed by atoms with Gasteiger partial charge in [0.2, 0.25) is 0 Å². The molecule has 106 valence electrons. The topological polar surface area (TPSA) is 64.4 Å². The zero-order chi connectivity index (χ0) is 14.6. The van der Waals surface area contributed by atoms with Gasteiger partial charge in [0.25, 0.3) is 5.69 Å². The van der Waals surface area contributed by atoms with Crippen LogP contribution in [0.2, 0.25) is 5.02 Å². The number of nitrogens with zero attached hydrogens (tertiary/aromatic N) is 1. The smallest absolute Gasteiger partial charge is 0.288 e. The minimum atomic E-state index is -0.483. The summed E-state index contributed by atoms with van der Waals surface area (Å²) in [5.74, 6) is 0. The lowest BCUT2D eigenvalue weighted by atomic mass is 10.1. The van der Waals surface area contributed by atoms with E-state index in [-0.39, 0.29) is 16.3 Å². The van der Waals surface area contributed by atoms with Crippen LogP contribution >= 0.6 is 11.6 Å². The molecule has 0 fully saturated rings. The van der Waals surface area contributed by atoms with Crippen molar-refractivity contribution in [3.63, 3.8) is 0 Å². The number of nitro groups is 1. The van der Waals surface area contributed by atoms with Gasteiger partial charge in [-0.05, 0) is 39.3 Å². The van der Waals surface area contributed by atoms with E-state index in [4.69, 9.17) is 16.3 Å². The van der Waals surface area contributed by atoms with E-state index in [1.807, 2.05) is 20.8 Å². The number of anilines is 1. The predicted molar refractivity (Wildman–Crippen MR) is 77.0 cm³/mol. The first kappa shape index (κ1) is 15.7. The van der Waals surface area contributed by atoms with Crippen LogP contribution in [0.25, 0.3) is 0 Å². The van der Waals surface area contributed by atoms with Crippen molar-refractivity contribution in [3.8, 4) is 0 Å². The first-order chi connectivity index (χ1) is 8.76. The van der Waals surface area contributed by atoms with Gasteiger partial charge in [-0.2, -0.15) is 0 Å². The van der Waals surface area contributed by atoms with Crippen LogP contribution in [0.1, 0.15) is 26.3 Å². The van der Waals surface area contributed by atoms with Crippen molar-refractivity contribution in [1.29, 1.82) is 0 Å². The molecular formula is C13H19ClN2O3. The summed E-state index contributed by atoms with van der Waals surface area (Å²) in [5, 5.41) is 14.1. The van der Waals surface area contributed by atoms with E-state index < -0.39 is 4.92 Å². The fourth-order valence-corrected chi connectivity index (χ4v) is 1.98. The number of nitrogens with one attached hydrogen (secondary N) is 1. The summed E-state index contributed by atoms with van der Waals surface area (Å²) >= 11 is 5.89. The lowest BCUT2D eigenvalue weighted by Gasteiger charge is -2.26. The Balaban J connectivity index is 2.86. The van der Waals surface area contributed by atoms with Crippen LogP contribution < -0.4 is 5.32 Å². The summed E-state index contributed by atoms with van der Waals surface area (Å²) in [5.41, 5.74) is 1.18. The van der Waals surface area contributed by atoms with Gasteiger partial charge in [-0.1, -0.05) is 11.6 Å². The molecule has 0 aliphatic rings. The standard InChI is InChI=1S/C13H19ClN2O3/c1-5-19-13(3,4)8-15-11-7-10(14)12(16(17)18)6-9(11)2/h6-7,15H,5,8H2,1-4H3. The Bertz CT molecular complexity index is 475. The van der Waals surface area contributed by atoms with E-state index in [9.17, 15) is 10.1 Å². The van der Waals surface area contributed by atoms with Gasteiger partial charge < -0.3 is 10.1 Å². The molecule has 19 heavy (non-hydrogen) atoms. The number of rotatable bonds is 6. The maximum atomic E-state index is 10.8. The number of benzene rings is 1. The molecular weight excluding hydrogens is 268 g/mol. The molecule has 1 aromatic carbocycles. The second kappa shape index (κ2) is 6.21. The van der Waals surface area contributed by atoms with Crippen molar-refractivity contribution >= 4 is 23.0 Å². The van der Waals surface area contributed by atoms with E-state index in [0.717, 1.165) is 11.3 Å². The molecule has 0 bridgehead atoms. The summed E-state index contributed by atoms with van der Waals surface area (Å²) in [4.78, 5) is 10.3. The van der Waals surface area contributed by atoms with E-state index >= 15 is 0 Å². The molecule has 0 amide bonds. The first-order valence-electron chi connectivity index (χ1n) is 6.09.